The van der Waals surface area contributed by atoms with E-state index >= 15 is 0 Å². The van der Waals surface area contributed by atoms with Crippen molar-refractivity contribution >= 4 is 0 Å². The fourth-order valence-electron chi connectivity index (χ4n) is 3.26. The van der Waals surface area contributed by atoms with E-state index in [4.69, 9.17) is 10.6 Å². The van der Waals surface area contributed by atoms with Crippen molar-refractivity contribution < 1.29 is 4.74 Å². The molecule has 2 fully saturated rings. The number of hydrogen-bond donors (Lipinski definition) is 2. The smallest absolute Gasteiger partial charge is 0.0594 e. The lowest BCUT2D eigenvalue weighted by atomic mass is 9.86. The van der Waals surface area contributed by atoms with Crippen molar-refractivity contribution in [3.05, 3.63) is 12.7 Å². The van der Waals surface area contributed by atoms with Crippen LogP contribution in [0.5, 0.6) is 0 Å². The highest BCUT2D eigenvalue weighted by Gasteiger charge is 2.44. The largest absolute Gasteiger partial charge is 0.379 e. The summed E-state index contributed by atoms with van der Waals surface area (Å²) in [6, 6.07) is 0.188. The van der Waals surface area contributed by atoms with Gasteiger partial charge in [-0.25, -0.2) is 0 Å². The van der Waals surface area contributed by atoms with Crippen molar-refractivity contribution in [1.29, 1.82) is 0 Å². The first-order chi connectivity index (χ1) is 7.83. The van der Waals surface area contributed by atoms with Gasteiger partial charge in [0.15, 0.2) is 0 Å². The first kappa shape index (κ1) is 12.0. The standard InChI is InChI=1S/C12H23N3O/c1-2-11(14-13)12(5-3-4-6-12)15-7-9-16-10-8-15/h2,11,14H,1,3-10,13H2. The molecule has 0 aromatic carbocycles. The minimum atomic E-state index is 0.181. The minimum absolute atomic E-state index is 0.181. The molecule has 1 aliphatic heterocycles. The van der Waals surface area contributed by atoms with E-state index in [0.717, 1.165) is 26.3 Å². The molecule has 1 saturated heterocycles. The number of nitrogens with two attached hydrogens (primary N) is 1. The van der Waals surface area contributed by atoms with Crippen molar-refractivity contribution in [2.75, 3.05) is 26.3 Å². The predicted octanol–water partition coefficient (Wildman–Crippen LogP) is 0.649. The molecule has 2 aliphatic rings. The van der Waals surface area contributed by atoms with E-state index in [2.05, 4.69) is 16.9 Å². The number of ether oxygens (including phenoxy) is 1. The Hall–Kier alpha value is -0.420. The van der Waals surface area contributed by atoms with E-state index in [1.807, 2.05) is 6.08 Å². The van der Waals surface area contributed by atoms with Crippen LogP contribution < -0.4 is 11.3 Å². The van der Waals surface area contributed by atoms with Crippen LogP contribution in [-0.2, 0) is 4.74 Å². The van der Waals surface area contributed by atoms with Gasteiger partial charge in [-0.2, -0.15) is 0 Å². The van der Waals surface area contributed by atoms with E-state index in [-0.39, 0.29) is 11.6 Å². The molecule has 1 unspecified atom stereocenters. The van der Waals surface area contributed by atoms with Crippen LogP contribution in [0.2, 0.25) is 0 Å². The average Bonchev–Trinajstić information content (AvgIpc) is 2.82. The Labute approximate surface area is 97.8 Å². The number of nitrogens with one attached hydrogen (secondary N) is 1. The molecule has 1 aliphatic carbocycles. The molecule has 0 aromatic heterocycles. The van der Waals surface area contributed by atoms with Gasteiger partial charge in [0.25, 0.3) is 0 Å². The van der Waals surface area contributed by atoms with Gasteiger partial charge in [-0.3, -0.25) is 16.2 Å². The van der Waals surface area contributed by atoms with Gasteiger partial charge in [0.05, 0.1) is 19.3 Å². The normalized spacial score (nSPS) is 27.8. The summed E-state index contributed by atoms with van der Waals surface area (Å²) in [6.45, 7) is 7.64. The average molecular weight is 225 g/mol. The molecule has 4 nitrogen and oxygen atoms in total. The summed E-state index contributed by atoms with van der Waals surface area (Å²) in [5.41, 5.74) is 3.11. The van der Waals surface area contributed by atoms with E-state index in [1.54, 1.807) is 0 Å². The quantitative estimate of drug-likeness (QED) is 0.419. The molecule has 4 heteroatoms. The molecule has 0 spiro atoms. The minimum Gasteiger partial charge on any atom is -0.379 e. The molecule has 0 bridgehead atoms. The fraction of sp³-hybridized carbons (Fsp3) is 0.833. The highest BCUT2D eigenvalue weighted by molar-refractivity contribution is 5.09. The van der Waals surface area contributed by atoms with Gasteiger partial charge in [0.2, 0.25) is 0 Å². The third kappa shape index (κ3) is 2.02. The monoisotopic (exact) mass is 225 g/mol. The van der Waals surface area contributed by atoms with Crippen molar-refractivity contribution in [2.24, 2.45) is 5.84 Å². The summed E-state index contributed by atoms with van der Waals surface area (Å²) in [5, 5.41) is 0. The maximum Gasteiger partial charge on any atom is 0.0594 e. The number of rotatable bonds is 4. The number of hydrogen-bond acceptors (Lipinski definition) is 4. The SMILES string of the molecule is C=CC(NN)C1(N2CCOCC2)CCCC1. The topological polar surface area (TPSA) is 50.5 Å². The van der Waals surface area contributed by atoms with Gasteiger partial charge in [-0.1, -0.05) is 18.9 Å². The van der Waals surface area contributed by atoms with Gasteiger partial charge >= 0.3 is 0 Å². The summed E-state index contributed by atoms with van der Waals surface area (Å²) in [7, 11) is 0. The van der Waals surface area contributed by atoms with Crippen molar-refractivity contribution in [3.63, 3.8) is 0 Å². The Morgan fingerprint density at radius 1 is 1.31 bits per heavy atom. The molecule has 0 aromatic rings. The summed E-state index contributed by atoms with van der Waals surface area (Å²) in [6.07, 6.45) is 6.98. The van der Waals surface area contributed by atoms with Gasteiger partial charge in [0, 0.05) is 18.6 Å². The molecule has 1 atom stereocenters. The number of hydrazine groups is 1. The van der Waals surface area contributed by atoms with Crippen molar-refractivity contribution in [1.82, 2.24) is 10.3 Å². The van der Waals surface area contributed by atoms with Crippen molar-refractivity contribution in [2.45, 2.75) is 37.3 Å². The van der Waals surface area contributed by atoms with Crippen molar-refractivity contribution in [3.8, 4) is 0 Å². The second-order valence-corrected chi connectivity index (χ2v) is 4.79. The van der Waals surface area contributed by atoms with Gasteiger partial charge in [-0.15, -0.1) is 6.58 Å². The Kier molecular flexibility index (Phi) is 3.97. The zero-order chi connectivity index (χ0) is 11.4. The molecule has 0 amide bonds. The van der Waals surface area contributed by atoms with Crippen LogP contribution in [0, 0.1) is 0 Å². The van der Waals surface area contributed by atoms with Gasteiger partial charge in [0.1, 0.15) is 0 Å². The first-order valence-electron chi connectivity index (χ1n) is 6.25. The first-order valence-corrected chi connectivity index (χ1v) is 6.25. The molecule has 1 saturated carbocycles. The molecular weight excluding hydrogens is 202 g/mol. The van der Waals surface area contributed by atoms with Gasteiger partial charge < -0.3 is 4.74 Å². The molecule has 92 valence electrons. The maximum absolute atomic E-state index is 5.68. The summed E-state index contributed by atoms with van der Waals surface area (Å²) >= 11 is 0. The van der Waals surface area contributed by atoms with Crippen LogP contribution >= 0.6 is 0 Å². The van der Waals surface area contributed by atoms with Crippen LogP contribution in [0.4, 0.5) is 0 Å². The van der Waals surface area contributed by atoms with Crippen LogP contribution in [0.3, 0.4) is 0 Å². The lowest BCUT2D eigenvalue weighted by molar-refractivity contribution is -0.0294. The Balaban J connectivity index is 2.15. The number of morpholine rings is 1. The second kappa shape index (κ2) is 5.27. The Bertz CT molecular complexity index is 232. The van der Waals surface area contributed by atoms with Crippen LogP contribution in [0.1, 0.15) is 25.7 Å². The highest BCUT2D eigenvalue weighted by Crippen LogP contribution is 2.38. The lowest BCUT2D eigenvalue weighted by Crippen LogP contribution is -2.62. The summed E-state index contributed by atoms with van der Waals surface area (Å²) in [5.74, 6) is 5.68. The van der Waals surface area contributed by atoms with E-state index in [0.29, 0.717) is 0 Å². The zero-order valence-electron chi connectivity index (χ0n) is 9.95. The maximum atomic E-state index is 5.68. The molecular formula is C12H23N3O. The van der Waals surface area contributed by atoms with Crippen LogP contribution in [-0.4, -0.2) is 42.8 Å². The second-order valence-electron chi connectivity index (χ2n) is 4.79. The van der Waals surface area contributed by atoms with E-state index in [9.17, 15) is 0 Å². The molecule has 2 rings (SSSR count). The summed E-state index contributed by atoms with van der Waals surface area (Å²) < 4.78 is 5.43. The highest BCUT2D eigenvalue weighted by atomic mass is 16.5. The van der Waals surface area contributed by atoms with Crippen LogP contribution in [0.25, 0.3) is 0 Å². The fourth-order valence-corrected chi connectivity index (χ4v) is 3.26. The Morgan fingerprint density at radius 2 is 1.94 bits per heavy atom. The molecule has 1 heterocycles. The number of nitrogens with zero attached hydrogens (tertiary/aromatic N) is 1. The van der Waals surface area contributed by atoms with E-state index < -0.39 is 0 Å². The summed E-state index contributed by atoms with van der Waals surface area (Å²) in [4.78, 5) is 2.55. The lowest BCUT2D eigenvalue weighted by Gasteiger charge is -2.47. The molecule has 3 N–H and O–H groups in total. The Morgan fingerprint density at radius 3 is 2.44 bits per heavy atom. The predicted molar refractivity (Wildman–Crippen MR) is 64.9 cm³/mol. The zero-order valence-corrected chi connectivity index (χ0v) is 9.95. The molecule has 0 radical (unpaired) electrons. The molecule has 16 heavy (non-hydrogen) atoms. The van der Waals surface area contributed by atoms with Crippen LogP contribution in [0.15, 0.2) is 12.7 Å². The van der Waals surface area contributed by atoms with E-state index in [1.165, 1.54) is 25.7 Å². The van der Waals surface area contributed by atoms with Gasteiger partial charge in [-0.05, 0) is 12.8 Å². The third-order valence-electron chi connectivity index (χ3n) is 4.10. The third-order valence-corrected chi connectivity index (χ3v) is 4.10.